The van der Waals surface area contributed by atoms with Crippen LogP contribution in [0.5, 0.6) is 0 Å². The first-order valence-electron chi connectivity index (χ1n) is 9.49. The van der Waals surface area contributed by atoms with E-state index in [9.17, 15) is 18.0 Å². The number of nitrogens with zero attached hydrogens (tertiary/aromatic N) is 2. The lowest BCUT2D eigenvalue weighted by Gasteiger charge is -2.31. The van der Waals surface area contributed by atoms with Gasteiger partial charge in [-0.3, -0.25) is 14.6 Å². The Hall–Kier alpha value is -2.78. The van der Waals surface area contributed by atoms with E-state index in [1.807, 2.05) is 0 Å². The lowest BCUT2D eigenvalue weighted by atomic mass is 9.99. The molecule has 29 heavy (non-hydrogen) atoms. The Morgan fingerprint density at radius 2 is 1.83 bits per heavy atom. The number of hydrogen-bond donors (Lipinski definition) is 2. The molecule has 2 heterocycles. The molecule has 1 aromatic carbocycles. The van der Waals surface area contributed by atoms with Gasteiger partial charge in [-0.2, -0.15) is 4.31 Å². The average Bonchev–Trinajstić information content (AvgIpc) is 2.75. The van der Waals surface area contributed by atoms with Crippen LogP contribution in [0.2, 0.25) is 0 Å². The predicted molar refractivity (Wildman–Crippen MR) is 108 cm³/mol. The molecule has 8 nitrogen and oxygen atoms in total. The zero-order chi connectivity index (χ0) is 20.7. The number of anilines is 1. The molecule has 0 unspecified atom stereocenters. The summed E-state index contributed by atoms with van der Waals surface area (Å²) >= 11 is 0. The van der Waals surface area contributed by atoms with Crippen molar-refractivity contribution in [1.29, 1.82) is 0 Å². The van der Waals surface area contributed by atoms with Gasteiger partial charge in [-0.25, -0.2) is 8.42 Å². The standard InChI is InChI=1S/C20H24N4O4S/c25-19(23-17-8-11-21-12-9-17)10-13-22-20(26)16-5-4-14-24(15-16)29(27,28)18-6-2-1-3-7-18/h1-3,6-9,11-12,16H,4-5,10,13-15H2,(H,22,26)(H,21,23,25)/t16-/m0/s1. The van der Waals surface area contributed by atoms with Gasteiger partial charge in [0.25, 0.3) is 0 Å². The van der Waals surface area contributed by atoms with E-state index in [1.54, 1.807) is 54.9 Å². The Morgan fingerprint density at radius 1 is 1.10 bits per heavy atom. The van der Waals surface area contributed by atoms with E-state index >= 15 is 0 Å². The summed E-state index contributed by atoms with van der Waals surface area (Å²) in [6.07, 6.45) is 4.53. The first-order chi connectivity index (χ1) is 14.0. The molecule has 1 atom stereocenters. The van der Waals surface area contributed by atoms with E-state index in [0.717, 1.165) is 0 Å². The predicted octanol–water partition coefficient (Wildman–Crippen LogP) is 1.63. The third-order valence-electron chi connectivity index (χ3n) is 4.75. The number of hydrogen-bond acceptors (Lipinski definition) is 5. The second-order valence-electron chi connectivity index (χ2n) is 6.84. The van der Waals surface area contributed by atoms with Gasteiger partial charge >= 0.3 is 0 Å². The van der Waals surface area contributed by atoms with Crippen molar-refractivity contribution in [1.82, 2.24) is 14.6 Å². The number of pyridine rings is 1. The minimum Gasteiger partial charge on any atom is -0.355 e. The van der Waals surface area contributed by atoms with Crippen molar-refractivity contribution in [3.05, 3.63) is 54.9 Å². The molecule has 0 spiro atoms. The number of amides is 2. The highest BCUT2D eigenvalue weighted by atomic mass is 32.2. The SMILES string of the molecule is O=C(CCNC(=O)[C@H]1CCCN(S(=O)(=O)c2ccccc2)C1)Nc1ccncc1. The highest BCUT2D eigenvalue weighted by molar-refractivity contribution is 7.89. The number of sulfonamides is 1. The maximum Gasteiger partial charge on any atom is 0.243 e. The molecular weight excluding hydrogens is 392 g/mol. The summed E-state index contributed by atoms with van der Waals surface area (Å²) in [6.45, 7) is 0.735. The van der Waals surface area contributed by atoms with Crippen molar-refractivity contribution in [2.24, 2.45) is 5.92 Å². The zero-order valence-electron chi connectivity index (χ0n) is 16.0. The van der Waals surface area contributed by atoms with Crippen LogP contribution in [-0.2, 0) is 19.6 Å². The van der Waals surface area contributed by atoms with Crippen LogP contribution in [0, 0.1) is 5.92 Å². The van der Waals surface area contributed by atoms with Crippen LogP contribution in [0.3, 0.4) is 0 Å². The Labute approximate surface area is 170 Å². The lowest BCUT2D eigenvalue weighted by molar-refractivity contribution is -0.126. The van der Waals surface area contributed by atoms with Crippen molar-refractivity contribution in [2.45, 2.75) is 24.2 Å². The first kappa shape index (κ1) is 20.9. The van der Waals surface area contributed by atoms with Gasteiger partial charge in [0.2, 0.25) is 21.8 Å². The zero-order valence-corrected chi connectivity index (χ0v) is 16.8. The average molecular weight is 417 g/mol. The number of nitrogens with one attached hydrogen (secondary N) is 2. The fourth-order valence-corrected chi connectivity index (χ4v) is 4.76. The van der Waals surface area contributed by atoms with E-state index in [4.69, 9.17) is 0 Å². The van der Waals surface area contributed by atoms with E-state index in [-0.39, 0.29) is 36.2 Å². The Morgan fingerprint density at radius 3 is 2.55 bits per heavy atom. The fraction of sp³-hybridized carbons (Fsp3) is 0.350. The number of benzene rings is 1. The lowest BCUT2D eigenvalue weighted by Crippen LogP contribution is -2.45. The highest BCUT2D eigenvalue weighted by Gasteiger charge is 2.33. The molecule has 3 rings (SSSR count). The molecule has 2 aromatic rings. The molecule has 1 fully saturated rings. The molecule has 0 radical (unpaired) electrons. The molecule has 1 aromatic heterocycles. The molecule has 1 aliphatic heterocycles. The molecule has 154 valence electrons. The van der Waals surface area contributed by atoms with Gasteiger partial charge in [0.15, 0.2) is 0 Å². The van der Waals surface area contributed by atoms with E-state index < -0.39 is 15.9 Å². The highest BCUT2D eigenvalue weighted by Crippen LogP contribution is 2.23. The van der Waals surface area contributed by atoms with Gasteiger partial charge in [-0.1, -0.05) is 18.2 Å². The molecule has 2 N–H and O–H groups in total. The summed E-state index contributed by atoms with van der Waals surface area (Å²) < 4.78 is 26.9. The largest absolute Gasteiger partial charge is 0.355 e. The van der Waals surface area contributed by atoms with Crippen molar-refractivity contribution < 1.29 is 18.0 Å². The van der Waals surface area contributed by atoms with Crippen LogP contribution < -0.4 is 10.6 Å². The minimum absolute atomic E-state index is 0.132. The summed E-state index contributed by atoms with van der Waals surface area (Å²) in [4.78, 5) is 28.5. The number of aromatic nitrogens is 1. The van der Waals surface area contributed by atoms with Gasteiger partial charge in [-0.05, 0) is 37.1 Å². The molecule has 0 aliphatic carbocycles. The third kappa shape index (κ3) is 5.61. The molecular formula is C20H24N4O4S. The van der Waals surface area contributed by atoms with Crippen molar-refractivity contribution in [3.8, 4) is 0 Å². The van der Waals surface area contributed by atoms with E-state index in [0.29, 0.717) is 25.1 Å². The summed E-state index contributed by atoms with van der Waals surface area (Å²) in [5.74, 6) is -0.867. The van der Waals surface area contributed by atoms with Gasteiger partial charge in [0.05, 0.1) is 10.8 Å². The molecule has 0 bridgehead atoms. The van der Waals surface area contributed by atoms with E-state index in [1.165, 1.54) is 4.31 Å². The monoisotopic (exact) mass is 416 g/mol. The maximum absolute atomic E-state index is 12.8. The van der Waals surface area contributed by atoms with Crippen LogP contribution in [0.4, 0.5) is 5.69 Å². The first-order valence-corrected chi connectivity index (χ1v) is 10.9. The number of carbonyl (C=O) groups is 2. The molecule has 2 amide bonds. The number of piperidine rings is 1. The topological polar surface area (TPSA) is 108 Å². The summed E-state index contributed by atoms with van der Waals surface area (Å²) in [7, 11) is -3.61. The van der Waals surface area contributed by atoms with Crippen LogP contribution in [-0.4, -0.2) is 49.2 Å². The number of rotatable bonds is 7. The quantitative estimate of drug-likeness (QED) is 0.713. The van der Waals surface area contributed by atoms with Crippen LogP contribution in [0.15, 0.2) is 59.8 Å². The summed E-state index contributed by atoms with van der Waals surface area (Å²) in [6, 6.07) is 11.6. The smallest absolute Gasteiger partial charge is 0.243 e. The molecule has 1 aliphatic rings. The van der Waals surface area contributed by atoms with E-state index in [2.05, 4.69) is 15.6 Å². The summed E-state index contributed by atoms with van der Waals surface area (Å²) in [5, 5.41) is 5.47. The fourth-order valence-electron chi connectivity index (χ4n) is 3.22. The summed E-state index contributed by atoms with van der Waals surface area (Å²) in [5.41, 5.74) is 0.644. The van der Waals surface area contributed by atoms with Gasteiger partial charge < -0.3 is 10.6 Å². The second kappa shape index (κ2) is 9.62. The van der Waals surface area contributed by atoms with Crippen LogP contribution >= 0.6 is 0 Å². The molecule has 9 heteroatoms. The minimum atomic E-state index is -3.61. The van der Waals surface area contributed by atoms with Crippen molar-refractivity contribution in [3.63, 3.8) is 0 Å². The Balaban J connectivity index is 1.49. The van der Waals surface area contributed by atoms with Crippen LogP contribution in [0.25, 0.3) is 0 Å². The van der Waals surface area contributed by atoms with Crippen molar-refractivity contribution >= 4 is 27.5 Å². The number of carbonyl (C=O) groups excluding carboxylic acids is 2. The third-order valence-corrected chi connectivity index (χ3v) is 6.63. The Kier molecular flexibility index (Phi) is 6.95. The Bertz CT molecular complexity index is 935. The van der Waals surface area contributed by atoms with Crippen LogP contribution in [0.1, 0.15) is 19.3 Å². The molecule has 0 saturated carbocycles. The maximum atomic E-state index is 12.8. The second-order valence-corrected chi connectivity index (χ2v) is 8.78. The van der Waals surface area contributed by atoms with Gasteiger partial charge in [0, 0.05) is 44.1 Å². The van der Waals surface area contributed by atoms with Crippen molar-refractivity contribution in [2.75, 3.05) is 25.0 Å². The van der Waals surface area contributed by atoms with Gasteiger partial charge in [0.1, 0.15) is 0 Å². The van der Waals surface area contributed by atoms with Gasteiger partial charge in [-0.15, -0.1) is 0 Å². The normalized spacial score (nSPS) is 17.4. The molecule has 1 saturated heterocycles.